The highest BCUT2D eigenvalue weighted by atomic mass is 16.4. The van der Waals surface area contributed by atoms with Crippen LogP contribution in [0.4, 0.5) is 5.69 Å². The van der Waals surface area contributed by atoms with Crippen molar-refractivity contribution < 1.29 is 19.5 Å². The van der Waals surface area contributed by atoms with Crippen LogP contribution in [0.5, 0.6) is 0 Å². The van der Waals surface area contributed by atoms with Crippen molar-refractivity contribution in [3.8, 4) is 0 Å². The van der Waals surface area contributed by atoms with Crippen molar-refractivity contribution in [3.05, 3.63) is 47.0 Å². The Kier molecular flexibility index (Phi) is 7.44. The molecule has 1 heterocycles. The predicted molar refractivity (Wildman–Crippen MR) is 152 cm³/mol. The van der Waals surface area contributed by atoms with E-state index in [4.69, 9.17) is 10.1 Å². The van der Waals surface area contributed by atoms with Crippen molar-refractivity contribution in [2.45, 2.75) is 102 Å². The maximum absolute atomic E-state index is 13.6. The van der Waals surface area contributed by atoms with Gasteiger partial charge in [-0.05, 0) is 112 Å². The lowest BCUT2D eigenvalue weighted by Crippen LogP contribution is -2.46. The summed E-state index contributed by atoms with van der Waals surface area (Å²) in [4.78, 5) is 45.8. The minimum absolute atomic E-state index is 0.268. The molecule has 0 spiro atoms. The largest absolute Gasteiger partial charge is 0.480 e. The molecule has 0 aliphatic heterocycles. The molecule has 5 aliphatic carbocycles. The van der Waals surface area contributed by atoms with Gasteiger partial charge < -0.3 is 20.7 Å². The molecule has 214 valence electrons. The average molecular weight is 547 g/mol. The number of rotatable bonds is 9. The topological polar surface area (TPSA) is 124 Å². The Labute approximate surface area is 236 Å². The summed E-state index contributed by atoms with van der Waals surface area (Å²) >= 11 is 0. The van der Waals surface area contributed by atoms with E-state index in [1.54, 1.807) is 24.3 Å². The van der Waals surface area contributed by atoms with Crippen LogP contribution in [0.15, 0.2) is 24.3 Å². The van der Waals surface area contributed by atoms with Crippen LogP contribution in [0.2, 0.25) is 0 Å². The van der Waals surface area contributed by atoms with E-state index in [1.165, 1.54) is 64.7 Å². The summed E-state index contributed by atoms with van der Waals surface area (Å²) < 4.78 is 0. The molecule has 5 saturated carbocycles. The fraction of sp³-hybridized carbons (Fsp3) is 0.625. The van der Waals surface area contributed by atoms with Crippen LogP contribution in [0, 0.1) is 23.2 Å². The number of nitrogens with zero attached hydrogens (tertiary/aromatic N) is 1. The van der Waals surface area contributed by atoms with Crippen molar-refractivity contribution in [3.63, 3.8) is 0 Å². The molecule has 5 aliphatic rings. The lowest BCUT2D eigenvalue weighted by Gasteiger charge is -2.57. The number of amides is 2. The Morgan fingerprint density at radius 1 is 1.02 bits per heavy atom. The lowest BCUT2D eigenvalue weighted by atomic mass is 9.48. The van der Waals surface area contributed by atoms with Crippen molar-refractivity contribution >= 4 is 23.5 Å². The molecule has 40 heavy (non-hydrogen) atoms. The molecule has 4 N–H and O–H groups in total. The maximum atomic E-state index is 13.6. The van der Waals surface area contributed by atoms with Crippen LogP contribution in [-0.4, -0.2) is 38.9 Å². The minimum Gasteiger partial charge on any atom is -0.480 e. The third-order valence-corrected chi connectivity index (χ3v) is 10.2. The smallest absolute Gasteiger partial charge is 0.325 e. The van der Waals surface area contributed by atoms with Gasteiger partial charge in [-0.2, -0.15) is 0 Å². The fourth-order valence-electron chi connectivity index (χ4n) is 8.62. The van der Waals surface area contributed by atoms with Gasteiger partial charge in [0, 0.05) is 22.9 Å². The number of nitrogens with one attached hydrogen (secondary N) is 3. The quantitative estimate of drug-likeness (QED) is 0.304. The molecule has 0 saturated heterocycles. The summed E-state index contributed by atoms with van der Waals surface area (Å²) in [5.74, 6) is 2.14. The van der Waals surface area contributed by atoms with E-state index in [9.17, 15) is 14.4 Å². The second kappa shape index (κ2) is 11.0. The summed E-state index contributed by atoms with van der Waals surface area (Å²) in [5.41, 5.74) is 2.61. The van der Waals surface area contributed by atoms with Gasteiger partial charge in [0.2, 0.25) is 0 Å². The number of aliphatic carboxylic acids is 1. The number of aryl methyl sites for hydroxylation is 1. The highest BCUT2D eigenvalue weighted by molar-refractivity contribution is 6.05. The van der Waals surface area contributed by atoms with Crippen molar-refractivity contribution in [2.24, 2.45) is 23.2 Å². The van der Waals surface area contributed by atoms with E-state index < -0.39 is 17.9 Å². The van der Waals surface area contributed by atoms with Crippen LogP contribution in [0.25, 0.3) is 0 Å². The molecule has 1 aromatic carbocycles. The van der Waals surface area contributed by atoms with Crippen LogP contribution in [-0.2, 0) is 11.2 Å². The van der Waals surface area contributed by atoms with Gasteiger partial charge in [0.25, 0.3) is 11.8 Å². The van der Waals surface area contributed by atoms with E-state index in [-0.39, 0.29) is 11.5 Å². The second-order valence-electron chi connectivity index (χ2n) is 13.3. The number of carboxylic acids is 1. The molecule has 7 rings (SSSR count). The average Bonchev–Trinajstić information content (AvgIpc) is 3.36. The highest BCUT2D eigenvalue weighted by Gasteiger charge is 2.50. The van der Waals surface area contributed by atoms with Crippen LogP contribution in [0.1, 0.15) is 122 Å². The van der Waals surface area contributed by atoms with Gasteiger partial charge in [-0.15, -0.1) is 0 Å². The fourth-order valence-corrected chi connectivity index (χ4v) is 8.62. The van der Waals surface area contributed by atoms with Gasteiger partial charge in [-0.1, -0.05) is 25.3 Å². The van der Waals surface area contributed by atoms with Gasteiger partial charge in [0.1, 0.15) is 17.6 Å². The monoisotopic (exact) mass is 546 g/mol. The number of H-pyrrole nitrogens is 1. The van der Waals surface area contributed by atoms with Crippen molar-refractivity contribution in [1.29, 1.82) is 0 Å². The molecule has 0 radical (unpaired) electrons. The van der Waals surface area contributed by atoms with E-state index in [2.05, 4.69) is 15.6 Å². The number of carboxylic acid groups (broad SMARTS) is 1. The Morgan fingerprint density at radius 3 is 2.35 bits per heavy atom. The first-order valence-electron chi connectivity index (χ1n) is 15.3. The molecular weight excluding hydrogens is 504 g/mol. The van der Waals surface area contributed by atoms with Gasteiger partial charge in [-0.3, -0.25) is 14.4 Å². The number of hydrogen-bond acceptors (Lipinski definition) is 4. The molecule has 8 heteroatoms. The van der Waals surface area contributed by atoms with Crippen LogP contribution in [0.3, 0.4) is 0 Å². The van der Waals surface area contributed by atoms with Crippen LogP contribution >= 0.6 is 0 Å². The summed E-state index contributed by atoms with van der Waals surface area (Å²) in [7, 11) is 0. The van der Waals surface area contributed by atoms with Crippen molar-refractivity contribution in [2.75, 3.05) is 5.32 Å². The Morgan fingerprint density at radius 2 is 1.70 bits per heavy atom. The molecule has 2 aromatic rings. The zero-order valence-electron chi connectivity index (χ0n) is 23.5. The summed E-state index contributed by atoms with van der Waals surface area (Å²) in [6, 6.07) is 5.59. The number of carbonyl (C=O) groups excluding carboxylic acids is 2. The Balaban J connectivity index is 1.20. The SMILES string of the molecule is CC(NC(=O)c1cccc(NC(=O)c2nc(C3CCCCC3)[nH]c2CCC23CC4CC(CC(C4)C2)C3)c1)C(=O)O. The van der Waals surface area contributed by atoms with Gasteiger partial charge >= 0.3 is 5.97 Å². The minimum atomic E-state index is -1.11. The number of anilines is 1. The number of aromatic nitrogens is 2. The predicted octanol–water partition coefficient (Wildman–Crippen LogP) is 6.06. The molecule has 5 fully saturated rings. The Hall–Kier alpha value is -3.16. The molecule has 4 bridgehead atoms. The van der Waals surface area contributed by atoms with E-state index in [0.717, 1.165) is 55.0 Å². The zero-order valence-corrected chi connectivity index (χ0v) is 23.5. The number of hydrogen-bond donors (Lipinski definition) is 4. The number of aromatic amines is 1. The second-order valence-corrected chi connectivity index (χ2v) is 13.3. The molecule has 8 nitrogen and oxygen atoms in total. The van der Waals surface area contributed by atoms with Gasteiger partial charge in [0.15, 0.2) is 0 Å². The molecule has 2 amide bonds. The number of imidazole rings is 1. The first-order chi connectivity index (χ1) is 19.3. The standard InChI is InChI=1S/C32H42N4O4/c1-19(31(39)40)33-29(37)24-8-5-9-25(15-24)34-30(38)27-26(35-28(36-27)23-6-3-2-4-7-23)10-11-32-16-20-12-21(17-32)14-22(13-20)18-32/h5,8-9,15,19-23H,2-4,6-7,10-14,16-18H2,1H3,(H,33,37)(H,34,38)(H,35,36)(H,39,40). The van der Waals surface area contributed by atoms with Crippen molar-refractivity contribution in [1.82, 2.24) is 15.3 Å². The molecular formula is C32H42N4O4. The molecule has 1 atom stereocenters. The van der Waals surface area contributed by atoms with E-state index in [1.807, 2.05) is 0 Å². The van der Waals surface area contributed by atoms with E-state index in [0.29, 0.717) is 22.7 Å². The van der Waals surface area contributed by atoms with Gasteiger partial charge in [0.05, 0.1) is 0 Å². The zero-order chi connectivity index (χ0) is 27.9. The van der Waals surface area contributed by atoms with Crippen LogP contribution < -0.4 is 10.6 Å². The summed E-state index contributed by atoms with van der Waals surface area (Å²) in [6.45, 7) is 1.41. The van der Waals surface area contributed by atoms with E-state index >= 15 is 0 Å². The first kappa shape index (κ1) is 27.0. The molecule has 1 aromatic heterocycles. The number of carbonyl (C=O) groups is 3. The lowest BCUT2D eigenvalue weighted by molar-refractivity contribution is -0.138. The van der Waals surface area contributed by atoms with Gasteiger partial charge in [-0.25, -0.2) is 4.98 Å². The summed E-state index contributed by atoms with van der Waals surface area (Å²) in [6.07, 6.45) is 16.1. The maximum Gasteiger partial charge on any atom is 0.325 e. The molecule has 1 unspecified atom stereocenters. The summed E-state index contributed by atoms with van der Waals surface area (Å²) in [5, 5.41) is 14.5. The Bertz CT molecular complexity index is 1240. The third kappa shape index (κ3) is 5.68. The normalized spacial score (nSPS) is 28.3. The number of benzene rings is 1. The first-order valence-corrected chi connectivity index (χ1v) is 15.3. The third-order valence-electron chi connectivity index (χ3n) is 10.2. The highest BCUT2D eigenvalue weighted by Crippen LogP contribution is 2.61.